The molecule has 0 aliphatic heterocycles. The Hall–Kier alpha value is -0.790. The maximum atomic E-state index is 11.3. The molecule has 0 N–H and O–H groups in total. The van der Waals surface area contributed by atoms with E-state index in [1.165, 1.54) is 25.7 Å². The summed E-state index contributed by atoms with van der Waals surface area (Å²) < 4.78 is 0. The molecule has 0 aromatic heterocycles. The van der Waals surface area contributed by atoms with Crippen LogP contribution in [0, 0.1) is 17.8 Å². The van der Waals surface area contributed by atoms with Crippen LogP contribution < -0.4 is 0 Å². The molecule has 0 heterocycles. The van der Waals surface area contributed by atoms with Gasteiger partial charge in [-0.15, -0.1) is 0 Å². The second-order valence-electron chi connectivity index (χ2n) is 4.93. The SMILES string of the molecule is CN(C)C(=O)/C=C/[C@@H]1C[C@@H]2CC[C@H]1C2. The number of fused-ring (bicyclic) bond motifs is 2. The molecule has 14 heavy (non-hydrogen) atoms. The quantitative estimate of drug-likeness (QED) is 0.615. The van der Waals surface area contributed by atoms with Crippen molar-refractivity contribution in [2.75, 3.05) is 14.1 Å². The summed E-state index contributed by atoms with van der Waals surface area (Å²) in [6.07, 6.45) is 9.44. The second-order valence-corrected chi connectivity index (χ2v) is 4.93. The smallest absolute Gasteiger partial charge is 0.245 e. The molecular weight excluding hydrogens is 174 g/mol. The van der Waals surface area contributed by atoms with Crippen molar-refractivity contribution in [1.82, 2.24) is 4.90 Å². The highest BCUT2D eigenvalue weighted by atomic mass is 16.2. The van der Waals surface area contributed by atoms with Crippen molar-refractivity contribution in [2.45, 2.75) is 25.7 Å². The van der Waals surface area contributed by atoms with Crippen LogP contribution in [0.15, 0.2) is 12.2 Å². The third kappa shape index (κ3) is 1.84. The monoisotopic (exact) mass is 193 g/mol. The van der Waals surface area contributed by atoms with Gasteiger partial charge in [0.2, 0.25) is 5.91 Å². The van der Waals surface area contributed by atoms with Gasteiger partial charge in [0.25, 0.3) is 0 Å². The molecule has 1 amide bonds. The molecule has 2 rings (SSSR count). The van der Waals surface area contributed by atoms with Crippen LogP contribution in [0.4, 0.5) is 0 Å². The Balaban J connectivity index is 1.89. The highest BCUT2D eigenvalue weighted by Crippen LogP contribution is 2.48. The van der Waals surface area contributed by atoms with Crippen molar-refractivity contribution in [2.24, 2.45) is 17.8 Å². The Labute approximate surface area is 86.0 Å². The van der Waals surface area contributed by atoms with Crippen molar-refractivity contribution in [3.8, 4) is 0 Å². The molecule has 2 heteroatoms. The lowest BCUT2D eigenvalue weighted by atomic mass is 9.88. The lowest BCUT2D eigenvalue weighted by Gasteiger charge is -2.17. The molecule has 0 saturated heterocycles. The van der Waals surface area contributed by atoms with Gasteiger partial charge in [-0.2, -0.15) is 0 Å². The molecule has 2 nitrogen and oxygen atoms in total. The predicted octanol–water partition coefficient (Wildman–Crippen LogP) is 2.07. The second kappa shape index (κ2) is 3.76. The van der Waals surface area contributed by atoms with E-state index in [9.17, 15) is 4.79 Å². The summed E-state index contributed by atoms with van der Waals surface area (Å²) in [5, 5.41) is 0. The van der Waals surface area contributed by atoms with Crippen LogP contribution in [-0.2, 0) is 4.79 Å². The van der Waals surface area contributed by atoms with Crippen LogP contribution in [0.5, 0.6) is 0 Å². The minimum Gasteiger partial charge on any atom is -0.345 e. The van der Waals surface area contributed by atoms with Crippen LogP contribution in [0.1, 0.15) is 25.7 Å². The van der Waals surface area contributed by atoms with Gasteiger partial charge in [-0.3, -0.25) is 4.79 Å². The topological polar surface area (TPSA) is 20.3 Å². The molecule has 2 bridgehead atoms. The van der Waals surface area contributed by atoms with Gasteiger partial charge in [0, 0.05) is 14.1 Å². The first-order valence-corrected chi connectivity index (χ1v) is 5.56. The van der Waals surface area contributed by atoms with E-state index in [0.717, 1.165) is 11.8 Å². The van der Waals surface area contributed by atoms with Gasteiger partial charge in [0.15, 0.2) is 0 Å². The van der Waals surface area contributed by atoms with E-state index in [4.69, 9.17) is 0 Å². The Morgan fingerprint density at radius 2 is 2.07 bits per heavy atom. The predicted molar refractivity (Wildman–Crippen MR) is 56.8 cm³/mol. The number of carbonyl (C=O) groups is 1. The molecule has 0 aromatic carbocycles. The van der Waals surface area contributed by atoms with Gasteiger partial charge in [-0.05, 0) is 43.1 Å². The standard InChI is InChI=1S/C12H19NO/c1-13(2)12(14)6-5-11-8-9-3-4-10(11)7-9/h5-6,9-11H,3-4,7-8H2,1-2H3/b6-5+/t9-,10+,11-/m1/s1. The number of hydrogen-bond acceptors (Lipinski definition) is 1. The fourth-order valence-electron chi connectivity index (χ4n) is 2.88. The average Bonchev–Trinajstić information content (AvgIpc) is 2.74. The van der Waals surface area contributed by atoms with Gasteiger partial charge in [-0.25, -0.2) is 0 Å². The van der Waals surface area contributed by atoms with Crippen molar-refractivity contribution < 1.29 is 4.79 Å². The van der Waals surface area contributed by atoms with Crippen LogP contribution in [0.2, 0.25) is 0 Å². The van der Waals surface area contributed by atoms with Gasteiger partial charge in [-0.1, -0.05) is 12.5 Å². The summed E-state index contributed by atoms with van der Waals surface area (Å²) in [7, 11) is 3.60. The summed E-state index contributed by atoms with van der Waals surface area (Å²) in [6, 6.07) is 0. The lowest BCUT2D eigenvalue weighted by molar-refractivity contribution is -0.123. The molecular formula is C12H19NO. The lowest BCUT2D eigenvalue weighted by Crippen LogP contribution is -2.19. The molecule has 0 spiro atoms. The Bertz CT molecular complexity index is 257. The Morgan fingerprint density at radius 3 is 2.57 bits per heavy atom. The minimum absolute atomic E-state index is 0.118. The normalized spacial score (nSPS) is 35.4. The molecule has 0 radical (unpaired) electrons. The van der Waals surface area contributed by atoms with E-state index in [1.54, 1.807) is 25.1 Å². The number of allylic oxidation sites excluding steroid dienone is 1. The zero-order valence-corrected chi connectivity index (χ0v) is 9.07. The molecule has 0 aromatic rings. The van der Waals surface area contributed by atoms with Crippen LogP contribution in [0.25, 0.3) is 0 Å². The molecule has 2 saturated carbocycles. The average molecular weight is 193 g/mol. The Kier molecular flexibility index (Phi) is 2.62. The summed E-state index contributed by atoms with van der Waals surface area (Å²) in [4.78, 5) is 13.0. The van der Waals surface area contributed by atoms with E-state index < -0.39 is 0 Å². The van der Waals surface area contributed by atoms with E-state index in [2.05, 4.69) is 6.08 Å². The molecule has 78 valence electrons. The molecule has 2 aliphatic rings. The van der Waals surface area contributed by atoms with E-state index in [-0.39, 0.29) is 5.91 Å². The van der Waals surface area contributed by atoms with Crippen LogP contribution in [-0.4, -0.2) is 24.9 Å². The molecule has 2 aliphatic carbocycles. The number of carbonyl (C=O) groups excluding carboxylic acids is 1. The number of amides is 1. The number of rotatable bonds is 2. The van der Waals surface area contributed by atoms with Crippen molar-refractivity contribution in [1.29, 1.82) is 0 Å². The zero-order valence-electron chi connectivity index (χ0n) is 9.07. The maximum Gasteiger partial charge on any atom is 0.245 e. The highest BCUT2D eigenvalue weighted by Gasteiger charge is 2.37. The summed E-state index contributed by atoms with van der Waals surface area (Å²) >= 11 is 0. The third-order valence-corrected chi connectivity index (χ3v) is 3.72. The van der Waals surface area contributed by atoms with Gasteiger partial charge >= 0.3 is 0 Å². The number of nitrogens with zero attached hydrogens (tertiary/aromatic N) is 1. The summed E-state index contributed by atoms with van der Waals surface area (Å²) in [5.74, 6) is 2.65. The van der Waals surface area contributed by atoms with Crippen molar-refractivity contribution in [3.05, 3.63) is 12.2 Å². The molecule has 2 fully saturated rings. The van der Waals surface area contributed by atoms with Gasteiger partial charge < -0.3 is 4.90 Å². The fourth-order valence-corrected chi connectivity index (χ4v) is 2.88. The van der Waals surface area contributed by atoms with Gasteiger partial charge in [0.05, 0.1) is 0 Å². The molecule has 0 unspecified atom stereocenters. The summed E-state index contributed by atoms with van der Waals surface area (Å²) in [6.45, 7) is 0. The third-order valence-electron chi connectivity index (χ3n) is 3.72. The first kappa shape index (κ1) is 9.75. The largest absolute Gasteiger partial charge is 0.345 e. The van der Waals surface area contributed by atoms with Crippen molar-refractivity contribution >= 4 is 5.91 Å². The Morgan fingerprint density at radius 1 is 1.29 bits per heavy atom. The van der Waals surface area contributed by atoms with Crippen LogP contribution in [0.3, 0.4) is 0 Å². The number of likely N-dealkylation sites (N-methyl/N-ethyl adjacent to an activating group) is 1. The van der Waals surface area contributed by atoms with Crippen molar-refractivity contribution in [3.63, 3.8) is 0 Å². The van der Waals surface area contributed by atoms with E-state index in [1.807, 2.05) is 0 Å². The van der Waals surface area contributed by atoms with Gasteiger partial charge in [0.1, 0.15) is 0 Å². The fraction of sp³-hybridized carbons (Fsp3) is 0.750. The first-order chi connectivity index (χ1) is 6.66. The zero-order chi connectivity index (χ0) is 10.1. The number of hydrogen-bond donors (Lipinski definition) is 0. The maximum absolute atomic E-state index is 11.3. The minimum atomic E-state index is 0.118. The first-order valence-electron chi connectivity index (χ1n) is 5.56. The van der Waals surface area contributed by atoms with Crippen LogP contribution >= 0.6 is 0 Å². The highest BCUT2D eigenvalue weighted by molar-refractivity contribution is 5.87. The van der Waals surface area contributed by atoms with E-state index in [0.29, 0.717) is 5.92 Å². The molecule has 3 atom stereocenters. The van der Waals surface area contributed by atoms with E-state index >= 15 is 0 Å². The summed E-state index contributed by atoms with van der Waals surface area (Å²) in [5.41, 5.74) is 0.